The Morgan fingerprint density at radius 3 is 2.08 bits per heavy atom. The smallest absolute Gasteiger partial charge is 0.242 e. The zero-order valence-electron chi connectivity index (χ0n) is 22.9. The number of carbonyl (C=O) groups excluding carboxylic acids is 2. The Hall–Kier alpha value is -3.07. The fourth-order valence-corrected chi connectivity index (χ4v) is 4.84. The maximum atomic E-state index is 13.4. The summed E-state index contributed by atoms with van der Waals surface area (Å²) >= 11 is 0. The minimum absolute atomic E-state index is 0.00435. The van der Waals surface area contributed by atoms with Crippen LogP contribution in [0.1, 0.15) is 58.1 Å². The van der Waals surface area contributed by atoms with Crippen LogP contribution in [0.25, 0.3) is 0 Å². The second-order valence-electron chi connectivity index (χ2n) is 9.32. The van der Waals surface area contributed by atoms with E-state index < -0.39 is 16.1 Å². The molecule has 0 bridgehead atoms. The number of nitrogens with one attached hydrogen (secondary N) is 1. The number of aryl methyl sites for hydroxylation is 1. The minimum atomic E-state index is -3.52. The van der Waals surface area contributed by atoms with Crippen molar-refractivity contribution < 1.29 is 22.7 Å². The summed E-state index contributed by atoms with van der Waals surface area (Å²) in [6.45, 7) is 8.09. The van der Waals surface area contributed by atoms with Crippen molar-refractivity contribution >= 4 is 27.5 Å². The van der Waals surface area contributed by atoms with Crippen molar-refractivity contribution in [3.63, 3.8) is 0 Å². The van der Waals surface area contributed by atoms with Crippen LogP contribution in [-0.2, 0) is 32.6 Å². The average Bonchev–Trinajstić information content (AvgIpc) is 2.88. The molecule has 0 heterocycles. The van der Waals surface area contributed by atoms with Crippen molar-refractivity contribution in [3.8, 4) is 5.75 Å². The first-order valence-corrected chi connectivity index (χ1v) is 14.6. The Morgan fingerprint density at radius 2 is 1.57 bits per heavy atom. The Kier molecular flexibility index (Phi) is 11.4. The van der Waals surface area contributed by atoms with E-state index in [1.807, 2.05) is 57.2 Å². The van der Waals surface area contributed by atoms with Crippen molar-refractivity contribution in [2.24, 2.45) is 0 Å². The topological polar surface area (TPSA) is 96.0 Å². The van der Waals surface area contributed by atoms with Gasteiger partial charge in [-0.1, -0.05) is 38.1 Å². The highest BCUT2D eigenvalue weighted by molar-refractivity contribution is 7.92. The number of amides is 2. The van der Waals surface area contributed by atoms with Gasteiger partial charge in [0.2, 0.25) is 21.8 Å². The summed E-state index contributed by atoms with van der Waals surface area (Å²) in [6, 6.07) is 14.1. The molecule has 0 aliphatic rings. The summed E-state index contributed by atoms with van der Waals surface area (Å²) in [4.78, 5) is 27.8. The number of nitrogens with zero attached hydrogens (tertiary/aromatic N) is 2. The number of hydrogen-bond donors (Lipinski definition) is 1. The molecule has 0 spiro atoms. The van der Waals surface area contributed by atoms with Gasteiger partial charge in [-0.15, -0.1) is 0 Å². The largest absolute Gasteiger partial charge is 0.497 e. The van der Waals surface area contributed by atoms with Crippen LogP contribution >= 0.6 is 0 Å². The fraction of sp³-hybridized carbons (Fsp3) is 0.500. The van der Waals surface area contributed by atoms with Gasteiger partial charge in [0.1, 0.15) is 11.8 Å². The van der Waals surface area contributed by atoms with Gasteiger partial charge in [-0.3, -0.25) is 13.9 Å². The van der Waals surface area contributed by atoms with Gasteiger partial charge in [-0.05, 0) is 68.5 Å². The monoisotopic (exact) mass is 531 g/mol. The van der Waals surface area contributed by atoms with Crippen molar-refractivity contribution in [3.05, 3.63) is 59.7 Å². The van der Waals surface area contributed by atoms with E-state index >= 15 is 0 Å². The quantitative estimate of drug-likeness (QED) is 0.395. The average molecular weight is 532 g/mol. The molecule has 204 valence electrons. The molecule has 2 aromatic rings. The van der Waals surface area contributed by atoms with Gasteiger partial charge in [0, 0.05) is 25.6 Å². The normalized spacial score (nSPS) is 12.9. The first-order chi connectivity index (χ1) is 17.5. The Balaban J connectivity index is 2.17. The lowest BCUT2D eigenvalue weighted by molar-refractivity contribution is -0.140. The van der Waals surface area contributed by atoms with E-state index in [9.17, 15) is 18.0 Å². The number of carbonyl (C=O) groups is 2. The van der Waals surface area contributed by atoms with Gasteiger partial charge in [-0.2, -0.15) is 0 Å². The molecule has 0 unspecified atom stereocenters. The first kappa shape index (κ1) is 30.2. The molecule has 8 nitrogen and oxygen atoms in total. The number of hydrogen-bond acceptors (Lipinski definition) is 5. The summed E-state index contributed by atoms with van der Waals surface area (Å²) in [6.07, 6.45) is 3.24. The lowest BCUT2D eigenvalue weighted by Crippen LogP contribution is -2.49. The maximum Gasteiger partial charge on any atom is 0.242 e. The zero-order chi connectivity index (χ0) is 27.6. The predicted molar refractivity (Wildman–Crippen MR) is 148 cm³/mol. The zero-order valence-corrected chi connectivity index (χ0v) is 23.7. The van der Waals surface area contributed by atoms with E-state index in [0.29, 0.717) is 17.9 Å². The van der Waals surface area contributed by atoms with E-state index in [1.54, 1.807) is 31.1 Å². The summed E-state index contributed by atoms with van der Waals surface area (Å²) in [7, 11) is -1.94. The van der Waals surface area contributed by atoms with Crippen LogP contribution in [0.15, 0.2) is 48.5 Å². The number of benzene rings is 2. The van der Waals surface area contributed by atoms with Crippen LogP contribution in [0.5, 0.6) is 5.75 Å². The molecular weight excluding hydrogens is 490 g/mol. The summed E-state index contributed by atoms with van der Waals surface area (Å²) in [5, 5.41) is 2.95. The molecule has 37 heavy (non-hydrogen) atoms. The van der Waals surface area contributed by atoms with Crippen LogP contribution in [0.4, 0.5) is 5.69 Å². The van der Waals surface area contributed by atoms with Gasteiger partial charge in [0.15, 0.2) is 0 Å². The van der Waals surface area contributed by atoms with Gasteiger partial charge < -0.3 is 15.0 Å². The van der Waals surface area contributed by atoms with Crippen LogP contribution in [-0.4, -0.2) is 57.1 Å². The van der Waals surface area contributed by atoms with Crippen molar-refractivity contribution in [1.82, 2.24) is 10.2 Å². The third-order valence-electron chi connectivity index (χ3n) is 6.47. The molecule has 0 aromatic heterocycles. The third kappa shape index (κ3) is 9.07. The highest BCUT2D eigenvalue weighted by Crippen LogP contribution is 2.21. The third-order valence-corrected chi connectivity index (χ3v) is 7.66. The molecule has 2 rings (SSSR count). The van der Waals surface area contributed by atoms with E-state index in [4.69, 9.17) is 4.74 Å². The highest BCUT2D eigenvalue weighted by Gasteiger charge is 2.27. The van der Waals surface area contributed by atoms with Crippen LogP contribution in [0, 0.1) is 0 Å². The SMILES string of the molecule is CCc1ccc(N(CCCC(=O)N(Cc2ccc(OC)cc2)[C@@H](C)C(=O)N[C@H](C)CC)S(C)(=O)=O)cc1. The lowest BCUT2D eigenvalue weighted by Gasteiger charge is -2.30. The fourth-order valence-electron chi connectivity index (χ4n) is 3.88. The molecule has 9 heteroatoms. The first-order valence-electron chi connectivity index (χ1n) is 12.8. The number of methoxy groups -OCH3 is 1. The van der Waals surface area contributed by atoms with Crippen LogP contribution < -0.4 is 14.4 Å². The van der Waals surface area contributed by atoms with Crippen LogP contribution in [0.3, 0.4) is 0 Å². The van der Waals surface area contributed by atoms with Gasteiger partial charge in [-0.25, -0.2) is 8.42 Å². The van der Waals surface area contributed by atoms with Crippen molar-refractivity contribution in [1.29, 1.82) is 0 Å². The summed E-state index contributed by atoms with van der Waals surface area (Å²) < 4.78 is 31.5. The van der Waals surface area contributed by atoms with Crippen LogP contribution in [0.2, 0.25) is 0 Å². The molecule has 0 radical (unpaired) electrons. The summed E-state index contributed by atoms with van der Waals surface area (Å²) in [5.41, 5.74) is 2.56. The molecular formula is C28H41N3O5S. The van der Waals surface area contributed by atoms with E-state index in [-0.39, 0.29) is 37.4 Å². The Bertz CT molecular complexity index is 1120. The van der Waals surface area contributed by atoms with Crippen molar-refractivity contribution in [2.45, 2.75) is 72.0 Å². The molecule has 0 aliphatic heterocycles. The second-order valence-corrected chi connectivity index (χ2v) is 11.2. The number of anilines is 1. The van der Waals surface area contributed by atoms with Gasteiger partial charge in [0.25, 0.3) is 0 Å². The molecule has 2 aromatic carbocycles. The molecule has 0 aliphatic carbocycles. The summed E-state index contributed by atoms with van der Waals surface area (Å²) in [5.74, 6) is 0.277. The van der Waals surface area contributed by atoms with Crippen molar-refractivity contribution in [2.75, 3.05) is 24.2 Å². The predicted octanol–water partition coefficient (Wildman–Crippen LogP) is 4.14. The molecule has 0 saturated heterocycles. The van der Waals surface area contributed by atoms with E-state index in [2.05, 4.69) is 5.32 Å². The number of ether oxygens (including phenoxy) is 1. The Morgan fingerprint density at radius 1 is 0.973 bits per heavy atom. The van der Waals surface area contributed by atoms with Gasteiger partial charge in [0.05, 0.1) is 19.1 Å². The molecule has 0 fully saturated rings. The highest BCUT2D eigenvalue weighted by atomic mass is 32.2. The number of rotatable bonds is 14. The van der Waals surface area contributed by atoms with E-state index in [1.165, 1.54) is 10.6 Å². The standard InChI is InChI=1S/C28H41N3O5S/c1-7-21(3)29-28(33)22(4)30(20-24-13-17-26(36-5)18-14-24)27(32)10-9-19-31(37(6,34)35)25-15-11-23(8-2)12-16-25/h11-18,21-22H,7-10,19-20H2,1-6H3,(H,29,33)/t21-,22+/m1/s1. The molecule has 0 saturated carbocycles. The maximum absolute atomic E-state index is 13.4. The number of sulfonamides is 1. The van der Waals surface area contributed by atoms with Gasteiger partial charge >= 0.3 is 0 Å². The Labute approximate surface area is 222 Å². The molecule has 2 atom stereocenters. The minimum Gasteiger partial charge on any atom is -0.497 e. The second kappa shape index (κ2) is 14.0. The lowest BCUT2D eigenvalue weighted by atomic mass is 10.1. The molecule has 2 amide bonds. The molecule has 1 N–H and O–H groups in total. The van der Waals surface area contributed by atoms with E-state index in [0.717, 1.165) is 24.0 Å².